The van der Waals surface area contributed by atoms with Gasteiger partial charge in [0.1, 0.15) is 0 Å². The van der Waals surface area contributed by atoms with Crippen LogP contribution in [-0.2, 0) is 4.74 Å². The first kappa shape index (κ1) is 23.8. The highest BCUT2D eigenvalue weighted by atomic mass is 127. The average Bonchev–Trinajstić information content (AvgIpc) is 3.39. The molecule has 3 heterocycles. The van der Waals surface area contributed by atoms with Crippen LogP contribution in [0.2, 0.25) is 0 Å². The van der Waals surface area contributed by atoms with E-state index in [1.165, 1.54) is 18.4 Å². The van der Waals surface area contributed by atoms with E-state index in [0.717, 1.165) is 71.4 Å². The Labute approximate surface area is 199 Å². The lowest BCUT2D eigenvalue weighted by Crippen LogP contribution is -2.47. The van der Waals surface area contributed by atoms with Crippen LogP contribution < -0.4 is 5.32 Å². The van der Waals surface area contributed by atoms with Gasteiger partial charge in [-0.3, -0.25) is 9.89 Å². The summed E-state index contributed by atoms with van der Waals surface area (Å²) in [7, 11) is 4.14. The van der Waals surface area contributed by atoms with Crippen LogP contribution in [0.3, 0.4) is 0 Å². The largest absolute Gasteiger partial charge is 0.381 e. The summed E-state index contributed by atoms with van der Waals surface area (Å²) in [5.74, 6) is 1.06. The molecule has 7 heteroatoms. The van der Waals surface area contributed by atoms with Gasteiger partial charge in [-0.25, -0.2) is 0 Å². The second-order valence-electron chi connectivity index (χ2n) is 9.03. The lowest BCUT2D eigenvalue weighted by molar-refractivity contribution is 0.0891. The number of nitrogens with one attached hydrogen (secondary N) is 1. The number of aliphatic imine (C=N–C) groups is 1. The van der Waals surface area contributed by atoms with Crippen LogP contribution >= 0.6 is 24.0 Å². The second-order valence-corrected chi connectivity index (χ2v) is 9.03. The zero-order valence-corrected chi connectivity index (χ0v) is 20.9. The van der Waals surface area contributed by atoms with Gasteiger partial charge in [-0.1, -0.05) is 30.3 Å². The maximum atomic E-state index is 5.67. The van der Waals surface area contributed by atoms with Gasteiger partial charge in [0.05, 0.1) is 6.61 Å². The quantitative estimate of drug-likeness (QED) is 0.276. The molecule has 1 aromatic carbocycles. The summed E-state index contributed by atoms with van der Waals surface area (Å²) in [5, 5.41) is 3.62. The Morgan fingerprint density at radius 2 is 2.03 bits per heavy atom. The maximum Gasteiger partial charge on any atom is 0.193 e. The molecular formula is C23H38IN5O. The molecule has 0 radical (unpaired) electrons. The molecule has 168 valence electrons. The molecule has 0 aromatic heterocycles. The molecule has 3 saturated heterocycles. The van der Waals surface area contributed by atoms with E-state index in [9.17, 15) is 0 Å². The molecule has 1 N–H and O–H groups in total. The summed E-state index contributed by atoms with van der Waals surface area (Å²) < 4.78 is 5.67. The predicted octanol–water partition coefficient (Wildman–Crippen LogP) is 2.67. The van der Waals surface area contributed by atoms with E-state index in [4.69, 9.17) is 4.74 Å². The van der Waals surface area contributed by atoms with E-state index >= 15 is 0 Å². The highest BCUT2D eigenvalue weighted by molar-refractivity contribution is 14.0. The number of likely N-dealkylation sites (tertiary alicyclic amines) is 1. The Balaban J connectivity index is 0.00000256. The minimum Gasteiger partial charge on any atom is -0.381 e. The average molecular weight is 527 g/mol. The van der Waals surface area contributed by atoms with Gasteiger partial charge < -0.3 is 19.9 Å². The third kappa shape index (κ3) is 5.66. The van der Waals surface area contributed by atoms with E-state index in [1.54, 1.807) is 0 Å². The Bertz CT molecular complexity index is 679. The minimum absolute atomic E-state index is 0. The van der Waals surface area contributed by atoms with E-state index in [1.807, 2.05) is 7.05 Å². The Hall–Kier alpha value is -0.900. The number of ether oxygens (including phenoxy) is 1. The molecule has 6 nitrogen and oxygen atoms in total. The molecule has 1 spiro atoms. The molecule has 0 saturated carbocycles. The second kappa shape index (κ2) is 11.1. The molecule has 30 heavy (non-hydrogen) atoms. The number of guanidine groups is 1. The van der Waals surface area contributed by atoms with Gasteiger partial charge in [-0.15, -0.1) is 24.0 Å². The number of likely N-dealkylation sites (N-methyl/N-ethyl adjacent to an activating group) is 1. The fraction of sp³-hybridized carbons (Fsp3) is 0.696. The highest BCUT2D eigenvalue weighted by Gasteiger charge is 2.42. The van der Waals surface area contributed by atoms with E-state index in [-0.39, 0.29) is 24.0 Å². The topological polar surface area (TPSA) is 43.3 Å². The number of benzene rings is 1. The normalized spacial score (nSPS) is 28.1. The molecule has 3 aliphatic heterocycles. The van der Waals surface area contributed by atoms with Crippen LogP contribution in [0.25, 0.3) is 0 Å². The molecule has 4 rings (SSSR count). The van der Waals surface area contributed by atoms with Crippen molar-refractivity contribution in [3.8, 4) is 0 Å². The summed E-state index contributed by atoms with van der Waals surface area (Å²) >= 11 is 0. The monoisotopic (exact) mass is 527 g/mol. The van der Waals surface area contributed by atoms with E-state index in [0.29, 0.717) is 11.5 Å². The minimum atomic E-state index is 0. The standard InChI is InChI=1S/C23H37N5O.HI/c1-24-22(28-13-9-23(18-28)10-16-29-19-23)25-11-6-12-27-15-14-26(2)17-21(27)20-7-4-3-5-8-20;/h3-5,7-8,21H,6,9-19H2,1-2H3,(H,24,25);1H. The number of hydrogen-bond donors (Lipinski definition) is 1. The molecule has 3 aliphatic rings. The lowest BCUT2D eigenvalue weighted by atomic mass is 9.87. The van der Waals surface area contributed by atoms with Gasteiger partial charge in [0.2, 0.25) is 0 Å². The first-order valence-electron chi connectivity index (χ1n) is 11.2. The molecule has 0 bridgehead atoms. The van der Waals surface area contributed by atoms with Crippen LogP contribution in [0.5, 0.6) is 0 Å². The summed E-state index contributed by atoms with van der Waals surface area (Å²) in [4.78, 5) is 12.1. The Morgan fingerprint density at radius 1 is 1.20 bits per heavy atom. The fourth-order valence-corrected chi connectivity index (χ4v) is 5.12. The molecule has 1 aromatic rings. The van der Waals surface area contributed by atoms with Crippen LogP contribution in [-0.4, -0.2) is 93.8 Å². The van der Waals surface area contributed by atoms with Crippen LogP contribution in [0.1, 0.15) is 30.9 Å². The van der Waals surface area contributed by atoms with Gasteiger partial charge in [0.25, 0.3) is 0 Å². The lowest BCUT2D eigenvalue weighted by Gasteiger charge is -2.40. The molecule has 2 unspecified atom stereocenters. The number of hydrogen-bond acceptors (Lipinski definition) is 4. The van der Waals surface area contributed by atoms with Gasteiger partial charge in [0, 0.05) is 70.9 Å². The van der Waals surface area contributed by atoms with Gasteiger partial charge >= 0.3 is 0 Å². The van der Waals surface area contributed by atoms with Crippen molar-refractivity contribution in [3.05, 3.63) is 35.9 Å². The van der Waals surface area contributed by atoms with Gasteiger partial charge in [-0.05, 0) is 31.9 Å². The van der Waals surface area contributed by atoms with Crippen molar-refractivity contribution >= 4 is 29.9 Å². The van der Waals surface area contributed by atoms with Crippen molar-refractivity contribution < 1.29 is 4.74 Å². The fourth-order valence-electron chi connectivity index (χ4n) is 5.12. The third-order valence-corrected chi connectivity index (χ3v) is 6.92. The zero-order valence-electron chi connectivity index (χ0n) is 18.6. The SMILES string of the molecule is CN=C(NCCCN1CCN(C)CC1c1ccccc1)N1CCC2(CCOC2)C1.I. The van der Waals surface area contributed by atoms with Crippen molar-refractivity contribution in [2.45, 2.75) is 25.3 Å². The van der Waals surface area contributed by atoms with E-state index in [2.05, 4.69) is 62.4 Å². The van der Waals surface area contributed by atoms with Crippen LogP contribution in [0, 0.1) is 5.41 Å². The van der Waals surface area contributed by atoms with Crippen LogP contribution in [0.15, 0.2) is 35.3 Å². The van der Waals surface area contributed by atoms with Crippen molar-refractivity contribution in [1.82, 2.24) is 20.0 Å². The molecule has 0 aliphatic carbocycles. The number of halogens is 1. The number of rotatable bonds is 5. The van der Waals surface area contributed by atoms with Crippen molar-refractivity contribution in [3.63, 3.8) is 0 Å². The van der Waals surface area contributed by atoms with Gasteiger partial charge in [-0.2, -0.15) is 0 Å². The van der Waals surface area contributed by atoms with Crippen LogP contribution in [0.4, 0.5) is 0 Å². The summed E-state index contributed by atoms with van der Waals surface area (Å²) in [6.07, 6.45) is 3.56. The first-order chi connectivity index (χ1) is 14.2. The number of nitrogens with zero attached hydrogens (tertiary/aromatic N) is 4. The zero-order chi connectivity index (χ0) is 20.1. The van der Waals surface area contributed by atoms with Crippen molar-refractivity contribution in [2.75, 3.05) is 73.1 Å². The summed E-state index contributed by atoms with van der Waals surface area (Å²) in [6.45, 7) is 9.51. The molecular weight excluding hydrogens is 489 g/mol. The predicted molar refractivity (Wildman–Crippen MR) is 134 cm³/mol. The smallest absolute Gasteiger partial charge is 0.193 e. The highest BCUT2D eigenvalue weighted by Crippen LogP contribution is 2.38. The van der Waals surface area contributed by atoms with Crippen molar-refractivity contribution in [2.24, 2.45) is 10.4 Å². The Morgan fingerprint density at radius 3 is 2.77 bits per heavy atom. The molecule has 2 atom stereocenters. The molecule has 0 amide bonds. The Kier molecular flexibility index (Phi) is 8.80. The van der Waals surface area contributed by atoms with Crippen molar-refractivity contribution in [1.29, 1.82) is 0 Å². The summed E-state index contributed by atoms with van der Waals surface area (Å²) in [5.41, 5.74) is 1.81. The first-order valence-corrected chi connectivity index (χ1v) is 11.2. The van der Waals surface area contributed by atoms with E-state index < -0.39 is 0 Å². The summed E-state index contributed by atoms with van der Waals surface area (Å²) in [6, 6.07) is 11.5. The maximum absolute atomic E-state index is 5.67. The third-order valence-electron chi connectivity index (χ3n) is 6.92. The molecule has 3 fully saturated rings. The van der Waals surface area contributed by atoms with Gasteiger partial charge in [0.15, 0.2) is 5.96 Å². The number of piperazine rings is 1.